The second-order valence-corrected chi connectivity index (χ2v) is 9.51. The Morgan fingerprint density at radius 1 is 1.02 bits per heavy atom. The van der Waals surface area contributed by atoms with E-state index >= 15 is 0 Å². The van der Waals surface area contributed by atoms with E-state index in [9.17, 15) is 22.8 Å². The van der Waals surface area contributed by atoms with E-state index in [0.717, 1.165) is 11.1 Å². The molecule has 0 amide bonds. The minimum Gasteiger partial charge on any atom is -0.478 e. The lowest BCUT2D eigenvalue weighted by Gasteiger charge is -2.29. The normalized spacial score (nSPS) is 13.5. The molecule has 0 aliphatic carbocycles. The van der Waals surface area contributed by atoms with Gasteiger partial charge < -0.3 is 18.6 Å². The molecule has 2 heterocycles. The molecule has 0 unspecified atom stereocenters. The Morgan fingerprint density at radius 2 is 1.75 bits per heavy atom. The van der Waals surface area contributed by atoms with Gasteiger partial charge in [-0.05, 0) is 55.3 Å². The fourth-order valence-corrected chi connectivity index (χ4v) is 4.38. The van der Waals surface area contributed by atoms with Gasteiger partial charge in [-0.1, -0.05) is 36.8 Å². The minimum absolute atomic E-state index is 0.0673. The molecular formula is C30H26F3NO6. The third kappa shape index (κ3) is 5.67. The summed E-state index contributed by atoms with van der Waals surface area (Å²) in [5.41, 5.74) is 1.49. The van der Waals surface area contributed by atoms with Gasteiger partial charge in [0.15, 0.2) is 0 Å². The average Bonchev–Trinajstić information content (AvgIpc) is 2.94. The lowest BCUT2D eigenvalue weighted by Crippen LogP contribution is -2.32. The van der Waals surface area contributed by atoms with Gasteiger partial charge in [0, 0.05) is 13.1 Å². The van der Waals surface area contributed by atoms with Gasteiger partial charge in [0.05, 0.1) is 23.1 Å². The van der Waals surface area contributed by atoms with Gasteiger partial charge in [-0.15, -0.1) is 0 Å². The number of esters is 1. The lowest BCUT2D eigenvalue weighted by molar-refractivity contribution is -0.154. The largest absolute Gasteiger partial charge is 0.478 e. The van der Waals surface area contributed by atoms with Crippen LogP contribution in [0.25, 0.3) is 11.0 Å². The summed E-state index contributed by atoms with van der Waals surface area (Å²) in [5.74, 6) is -2.84. The summed E-state index contributed by atoms with van der Waals surface area (Å²) in [5, 5.41) is -0.0673. The number of ether oxygens (including phenoxy) is 3. The Kier molecular flexibility index (Phi) is 7.53. The highest BCUT2D eigenvalue weighted by molar-refractivity contribution is 5.89. The highest BCUT2D eigenvalue weighted by atomic mass is 19.4. The van der Waals surface area contributed by atoms with E-state index < -0.39 is 29.1 Å². The molecule has 3 aromatic carbocycles. The Morgan fingerprint density at radius 3 is 2.42 bits per heavy atom. The number of carbonyl (C=O) groups excluding carboxylic acids is 1. The summed E-state index contributed by atoms with van der Waals surface area (Å²) in [6, 6.07) is 16.1. The van der Waals surface area contributed by atoms with E-state index in [1.807, 2.05) is 43.0 Å². The number of carbonyl (C=O) groups is 1. The third-order valence-electron chi connectivity index (χ3n) is 6.39. The van der Waals surface area contributed by atoms with Crippen LogP contribution in [0.1, 0.15) is 46.2 Å². The molecule has 0 spiro atoms. The number of hydrogen-bond acceptors (Lipinski definition) is 7. The summed E-state index contributed by atoms with van der Waals surface area (Å²) < 4.78 is 64.2. The maximum Gasteiger partial charge on any atom is 0.453 e. The van der Waals surface area contributed by atoms with Crippen LogP contribution in [0, 0.1) is 6.92 Å². The van der Waals surface area contributed by atoms with Crippen LogP contribution in [0.4, 0.5) is 13.2 Å². The number of alkyl halides is 3. The first-order valence-electron chi connectivity index (χ1n) is 12.7. The SMILES string of the molecule is CCCOC(=O)c1ccc(Oc2c(C(F)(F)F)oc3c4c(ccc3c2=O)OCN(Cc2ccc(C)cc2)C4)cc1. The monoisotopic (exact) mass is 553 g/mol. The Labute approximate surface area is 227 Å². The minimum atomic E-state index is -5.02. The molecule has 1 aliphatic heterocycles. The molecule has 0 N–H and O–H groups in total. The van der Waals surface area contributed by atoms with Gasteiger partial charge in [0.25, 0.3) is 5.76 Å². The van der Waals surface area contributed by atoms with E-state index in [1.165, 1.54) is 30.3 Å². The molecule has 0 radical (unpaired) electrons. The first kappa shape index (κ1) is 27.3. The molecule has 1 aromatic heterocycles. The molecule has 0 bridgehead atoms. The third-order valence-corrected chi connectivity index (χ3v) is 6.39. The van der Waals surface area contributed by atoms with Crippen molar-refractivity contribution in [1.82, 2.24) is 4.90 Å². The van der Waals surface area contributed by atoms with Gasteiger partial charge in [0.1, 0.15) is 23.8 Å². The molecule has 208 valence electrons. The fraction of sp³-hybridized carbons (Fsp3) is 0.267. The van der Waals surface area contributed by atoms with Crippen LogP contribution in [0.3, 0.4) is 0 Å². The first-order chi connectivity index (χ1) is 19.1. The zero-order chi connectivity index (χ0) is 28.4. The van der Waals surface area contributed by atoms with Crippen molar-refractivity contribution in [2.24, 2.45) is 0 Å². The van der Waals surface area contributed by atoms with Crippen LogP contribution < -0.4 is 14.9 Å². The van der Waals surface area contributed by atoms with Crippen molar-refractivity contribution in [3.05, 3.63) is 98.9 Å². The van der Waals surface area contributed by atoms with Crippen LogP contribution in [-0.2, 0) is 24.0 Å². The van der Waals surface area contributed by atoms with Crippen molar-refractivity contribution in [3.63, 3.8) is 0 Å². The molecule has 0 saturated carbocycles. The second-order valence-electron chi connectivity index (χ2n) is 9.51. The maximum absolute atomic E-state index is 14.2. The van der Waals surface area contributed by atoms with Crippen molar-refractivity contribution in [2.45, 2.75) is 39.5 Å². The molecule has 40 heavy (non-hydrogen) atoms. The van der Waals surface area contributed by atoms with Gasteiger partial charge in [-0.2, -0.15) is 13.2 Å². The predicted molar refractivity (Wildman–Crippen MR) is 140 cm³/mol. The predicted octanol–water partition coefficient (Wildman–Crippen LogP) is 6.83. The second kappa shape index (κ2) is 11.1. The van der Waals surface area contributed by atoms with Gasteiger partial charge in [-0.25, -0.2) is 4.79 Å². The van der Waals surface area contributed by atoms with Crippen LogP contribution in [0.2, 0.25) is 0 Å². The van der Waals surface area contributed by atoms with E-state index in [-0.39, 0.29) is 42.2 Å². The summed E-state index contributed by atoms with van der Waals surface area (Å²) in [4.78, 5) is 27.3. The topological polar surface area (TPSA) is 78.2 Å². The molecule has 10 heteroatoms. The number of benzene rings is 3. The molecule has 4 aromatic rings. The molecule has 0 fully saturated rings. The molecule has 0 saturated heterocycles. The lowest BCUT2D eigenvalue weighted by atomic mass is 10.1. The highest BCUT2D eigenvalue weighted by Gasteiger charge is 2.41. The van der Waals surface area contributed by atoms with Gasteiger partial charge in [0.2, 0.25) is 11.2 Å². The summed E-state index contributed by atoms with van der Waals surface area (Å²) in [6.45, 7) is 5.01. The van der Waals surface area contributed by atoms with Crippen molar-refractivity contribution < 1.29 is 36.6 Å². The molecule has 1 aliphatic rings. The average molecular weight is 554 g/mol. The molecular weight excluding hydrogens is 527 g/mol. The zero-order valence-corrected chi connectivity index (χ0v) is 21.8. The van der Waals surface area contributed by atoms with E-state index in [4.69, 9.17) is 18.6 Å². The number of aryl methyl sites for hydroxylation is 1. The molecule has 0 atom stereocenters. The number of halogens is 3. The number of fused-ring (bicyclic) bond motifs is 3. The quantitative estimate of drug-likeness (QED) is 0.232. The van der Waals surface area contributed by atoms with E-state index in [2.05, 4.69) is 0 Å². The molecule has 5 rings (SSSR count). The van der Waals surface area contributed by atoms with E-state index in [0.29, 0.717) is 24.3 Å². The van der Waals surface area contributed by atoms with Crippen molar-refractivity contribution in [2.75, 3.05) is 13.3 Å². The smallest absolute Gasteiger partial charge is 0.453 e. The standard InChI is InChI=1S/C30H26F3NO6/c1-3-14-37-29(36)20-8-10-21(11-9-20)39-27-25(35)22-12-13-24-23(26(22)40-28(27)30(31,32)33)16-34(17-38-24)15-19-6-4-18(2)5-7-19/h4-13H,3,14-17H2,1-2H3. The van der Waals surface area contributed by atoms with Crippen molar-refractivity contribution in [1.29, 1.82) is 0 Å². The van der Waals surface area contributed by atoms with Gasteiger partial charge in [-0.3, -0.25) is 9.69 Å². The fourth-order valence-electron chi connectivity index (χ4n) is 4.38. The Hall–Kier alpha value is -4.31. The van der Waals surface area contributed by atoms with Crippen LogP contribution in [-0.4, -0.2) is 24.2 Å². The van der Waals surface area contributed by atoms with Crippen LogP contribution in [0.5, 0.6) is 17.2 Å². The van der Waals surface area contributed by atoms with Crippen LogP contribution >= 0.6 is 0 Å². The summed E-state index contributed by atoms with van der Waals surface area (Å²) >= 11 is 0. The highest BCUT2D eigenvalue weighted by Crippen LogP contribution is 2.41. The number of nitrogens with zero attached hydrogens (tertiary/aromatic N) is 1. The number of hydrogen-bond donors (Lipinski definition) is 0. The van der Waals surface area contributed by atoms with Gasteiger partial charge >= 0.3 is 12.1 Å². The first-order valence-corrected chi connectivity index (χ1v) is 12.7. The number of rotatable bonds is 7. The van der Waals surface area contributed by atoms with Crippen LogP contribution in [0.15, 0.2) is 69.9 Å². The Bertz CT molecular complexity index is 1590. The van der Waals surface area contributed by atoms with Crippen molar-refractivity contribution in [3.8, 4) is 17.2 Å². The summed E-state index contributed by atoms with van der Waals surface area (Å²) in [7, 11) is 0. The maximum atomic E-state index is 14.2. The molecule has 7 nitrogen and oxygen atoms in total. The zero-order valence-electron chi connectivity index (χ0n) is 21.8. The summed E-state index contributed by atoms with van der Waals surface area (Å²) in [6.07, 6.45) is -4.38. The van der Waals surface area contributed by atoms with E-state index in [1.54, 1.807) is 6.07 Å². The Balaban J connectivity index is 1.49. The van der Waals surface area contributed by atoms with Crippen molar-refractivity contribution >= 4 is 16.9 Å².